The van der Waals surface area contributed by atoms with Crippen LogP contribution in [0.5, 0.6) is 5.75 Å². The van der Waals surface area contributed by atoms with Gasteiger partial charge in [-0.05, 0) is 50.8 Å². The monoisotopic (exact) mass is 315 g/mol. The molecule has 23 heavy (non-hydrogen) atoms. The molecule has 1 aliphatic carbocycles. The molecule has 1 aromatic carbocycles. The van der Waals surface area contributed by atoms with Crippen LogP contribution in [0.1, 0.15) is 43.0 Å². The van der Waals surface area contributed by atoms with Crippen molar-refractivity contribution in [3.8, 4) is 5.75 Å². The number of hydrogen-bond acceptors (Lipinski definition) is 5. The molecule has 0 bridgehead atoms. The molecule has 2 amide bonds. The van der Waals surface area contributed by atoms with Crippen LogP contribution >= 0.6 is 0 Å². The second-order valence-electron chi connectivity index (χ2n) is 5.53. The van der Waals surface area contributed by atoms with E-state index in [0.717, 1.165) is 17.7 Å². The van der Waals surface area contributed by atoms with Crippen LogP contribution in [-0.2, 0) is 14.3 Å². The van der Waals surface area contributed by atoms with E-state index in [1.54, 1.807) is 6.92 Å². The van der Waals surface area contributed by atoms with Crippen LogP contribution in [0, 0.1) is 0 Å². The zero-order chi connectivity index (χ0) is 16.6. The van der Waals surface area contributed by atoms with Crippen LogP contribution in [0.3, 0.4) is 0 Å². The number of hydrogen-bond donors (Lipinski definition) is 1. The normalized spacial score (nSPS) is 17.5. The highest BCUT2D eigenvalue weighted by Gasteiger charge is 2.39. The molecule has 2 aliphatic rings. The molecule has 6 heteroatoms. The van der Waals surface area contributed by atoms with Crippen LogP contribution in [0.25, 0.3) is 0 Å². The Morgan fingerprint density at radius 2 is 1.78 bits per heavy atom. The van der Waals surface area contributed by atoms with E-state index in [9.17, 15) is 19.5 Å². The predicted octanol–water partition coefficient (Wildman–Crippen LogP) is 2.31. The van der Waals surface area contributed by atoms with Gasteiger partial charge in [-0.2, -0.15) is 0 Å². The standard InChI is InChI=1S/C17H17NO5/c1-2-23-17(22)13-9-10(7-8-14(13)19)18-15(20)11-5-3-4-6-12(11)16(18)21/h7-9,19H,2-6H2,1H3. The van der Waals surface area contributed by atoms with Crippen molar-refractivity contribution < 1.29 is 24.2 Å². The number of anilines is 1. The van der Waals surface area contributed by atoms with E-state index in [1.807, 2.05) is 0 Å². The van der Waals surface area contributed by atoms with Gasteiger partial charge in [0.15, 0.2) is 0 Å². The Labute approximate surface area is 133 Å². The van der Waals surface area contributed by atoms with Crippen molar-refractivity contribution in [1.82, 2.24) is 0 Å². The average molecular weight is 315 g/mol. The lowest BCUT2D eigenvalue weighted by Gasteiger charge is -2.16. The van der Waals surface area contributed by atoms with Gasteiger partial charge in [0.2, 0.25) is 0 Å². The summed E-state index contributed by atoms with van der Waals surface area (Å²) in [7, 11) is 0. The second-order valence-corrected chi connectivity index (χ2v) is 5.53. The summed E-state index contributed by atoms with van der Waals surface area (Å²) in [6.07, 6.45) is 3.02. The van der Waals surface area contributed by atoms with Gasteiger partial charge in [-0.25, -0.2) is 9.69 Å². The smallest absolute Gasteiger partial charge is 0.341 e. The first kappa shape index (κ1) is 15.3. The maximum Gasteiger partial charge on any atom is 0.341 e. The van der Waals surface area contributed by atoms with Crippen molar-refractivity contribution in [2.45, 2.75) is 32.6 Å². The number of imide groups is 1. The molecule has 0 unspecified atom stereocenters. The first-order chi connectivity index (χ1) is 11.0. The first-order valence-electron chi connectivity index (χ1n) is 7.65. The molecule has 1 aliphatic heterocycles. The Bertz CT molecular complexity index is 706. The first-order valence-corrected chi connectivity index (χ1v) is 7.65. The largest absolute Gasteiger partial charge is 0.507 e. The zero-order valence-corrected chi connectivity index (χ0v) is 12.8. The van der Waals surface area contributed by atoms with E-state index in [1.165, 1.54) is 18.2 Å². The summed E-state index contributed by atoms with van der Waals surface area (Å²) in [6.45, 7) is 1.82. The van der Waals surface area contributed by atoms with Crippen molar-refractivity contribution in [1.29, 1.82) is 0 Å². The third kappa shape index (κ3) is 2.50. The summed E-state index contributed by atoms with van der Waals surface area (Å²) in [5, 5.41) is 9.81. The molecule has 0 aromatic heterocycles. The molecular formula is C17H17NO5. The van der Waals surface area contributed by atoms with Crippen LogP contribution in [0.2, 0.25) is 0 Å². The minimum absolute atomic E-state index is 0.0604. The predicted molar refractivity (Wildman–Crippen MR) is 82.1 cm³/mol. The third-order valence-corrected chi connectivity index (χ3v) is 4.12. The van der Waals surface area contributed by atoms with Gasteiger partial charge < -0.3 is 9.84 Å². The molecule has 0 radical (unpaired) electrons. The Morgan fingerprint density at radius 3 is 2.35 bits per heavy atom. The van der Waals surface area contributed by atoms with Crippen LogP contribution in [-0.4, -0.2) is 29.5 Å². The lowest BCUT2D eigenvalue weighted by Crippen LogP contribution is -2.31. The Morgan fingerprint density at radius 1 is 1.17 bits per heavy atom. The van der Waals surface area contributed by atoms with Gasteiger partial charge in [-0.15, -0.1) is 0 Å². The van der Waals surface area contributed by atoms with Gasteiger partial charge >= 0.3 is 5.97 Å². The van der Waals surface area contributed by atoms with Crippen molar-refractivity contribution >= 4 is 23.5 Å². The average Bonchev–Trinajstić information content (AvgIpc) is 2.80. The number of phenolic OH excluding ortho intramolecular Hbond substituents is 1. The summed E-state index contributed by atoms with van der Waals surface area (Å²) in [5.41, 5.74) is 1.36. The van der Waals surface area contributed by atoms with Gasteiger partial charge in [0, 0.05) is 11.1 Å². The highest BCUT2D eigenvalue weighted by molar-refractivity contribution is 6.33. The van der Waals surface area contributed by atoms with E-state index in [0.29, 0.717) is 24.0 Å². The number of rotatable bonds is 3. The molecule has 1 heterocycles. The molecule has 0 saturated heterocycles. The quantitative estimate of drug-likeness (QED) is 0.683. The van der Waals surface area contributed by atoms with E-state index in [2.05, 4.69) is 0 Å². The number of amides is 2. The molecule has 6 nitrogen and oxygen atoms in total. The second kappa shape index (κ2) is 5.87. The molecule has 3 rings (SSSR count). The molecule has 120 valence electrons. The van der Waals surface area contributed by atoms with E-state index in [-0.39, 0.29) is 35.4 Å². The lowest BCUT2D eigenvalue weighted by molar-refractivity contribution is -0.120. The van der Waals surface area contributed by atoms with E-state index < -0.39 is 5.97 Å². The summed E-state index contributed by atoms with van der Waals surface area (Å²) >= 11 is 0. The molecule has 0 atom stereocenters. The number of nitrogens with zero attached hydrogens (tertiary/aromatic N) is 1. The van der Waals surface area contributed by atoms with E-state index >= 15 is 0 Å². The molecule has 1 aromatic rings. The summed E-state index contributed by atoms with van der Waals surface area (Å²) < 4.78 is 4.88. The number of ether oxygens (including phenoxy) is 1. The Kier molecular flexibility index (Phi) is 3.90. The van der Waals surface area contributed by atoms with E-state index in [4.69, 9.17) is 4.74 Å². The third-order valence-electron chi connectivity index (χ3n) is 4.12. The number of benzene rings is 1. The number of phenols is 1. The van der Waals surface area contributed by atoms with Crippen molar-refractivity contribution in [3.05, 3.63) is 34.9 Å². The van der Waals surface area contributed by atoms with Crippen molar-refractivity contribution in [2.24, 2.45) is 0 Å². The summed E-state index contributed by atoms with van der Waals surface area (Å²) in [6, 6.07) is 4.06. The molecule has 0 spiro atoms. The van der Waals surface area contributed by atoms with Gasteiger partial charge in [-0.3, -0.25) is 9.59 Å². The topological polar surface area (TPSA) is 83.9 Å². The summed E-state index contributed by atoms with van der Waals surface area (Å²) in [4.78, 5) is 38.0. The zero-order valence-electron chi connectivity index (χ0n) is 12.8. The number of carbonyl (C=O) groups excluding carboxylic acids is 3. The Hall–Kier alpha value is -2.63. The van der Waals surface area contributed by atoms with Crippen LogP contribution in [0.15, 0.2) is 29.3 Å². The molecular weight excluding hydrogens is 298 g/mol. The fourth-order valence-electron chi connectivity index (χ4n) is 3.01. The molecule has 0 saturated carbocycles. The van der Waals surface area contributed by atoms with Crippen molar-refractivity contribution in [3.63, 3.8) is 0 Å². The highest BCUT2D eigenvalue weighted by atomic mass is 16.5. The molecule has 0 fully saturated rings. The highest BCUT2D eigenvalue weighted by Crippen LogP contribution is 2.36. The van der Waals surface area contributed by atoms with Gasteiger partial charge in [0.1, 0.15) is 11.3 Å². The van der Waals surface area contributed by atoms with Gasteiger partial charge in [0.25, 0.3) is 11.8 Å². The number of aromatic hydroxyl groups is 1. The maximum absolute atomic E-state index is 12.5. The Balaban J connectivity index is 1.97. The van der Waals surface area contributed by atoms with Gasteiger partial charge in [-0.1, -0.05) is 0 Å². The number of carbonyl (C=O) groups is 3. The fraction of sp³-hybridized carbons (Fsp3) is 0.353. The van der Waals surface area contributed by atoms with Crippen molar-refractivity contribution in [2.75, 3.05) is 11.5 Å². The SMILES string of the molecule is CCOC(=O)c1cc(N2C(=O)C3=C(CCCC3)C2=O)ccc1O. The lowest BCUT2D eigenvalue weighted by atomic mass is 9.93. The fourth-order valence-corrected chi connectivity index (χ4v) is 3.01. The van der Waals surface area contributed by atoms with Crippen LogP contribution in [0.4, 0.5) is 5.69 Å². The van der Waals surface area contributed by atoms with Gasteiger partial charge in [0.05, 0.1) is 12.3 Å². The molecule has 1 N–H and O–H groups in total. The summed E-state index contributed by atoms with van der Waals surface area (Å²) in [5.74, 6) is -1.59. The minimum atomic E-state index is -0.691. The minimum Gasteiger partial charge on any atom is -0.507 e. The van der Waals surface area contributed by atoms with Crippen LogP contribution < -0.4 is 4.90 Å². The maximum atomic E-state index is 12.5. The number of esters is 1.